The van der Waals surface area contributed by atoms with E-state index in [9.17, 15) is 0 Å². The lowest BCUT2D eigenvalue weighted by Gasteiger charge is -2.33. The van der Waals surface area contributed by atoms with Crippen LogP contribution in [-0.4, -0.2) is 0 Å². The summed E-state index contributed by atoms with van der Waals surface area (Å²) in [6.07, 6.45) is 13.6. The van der Waals surface area contributed by atoms with Crippen LogP contribution in [0.2, 0.25) is 0 Å². The van der Waals surface area contributed by atoms with Gasteiger partial charge in [-0.2, -0.15) is 0 Å². The Morgan fingerprint density at radius 3 is 0.875 bits per heavy atom. The second-order valence-corrected chi connectivity index (χ2v) is 11.1. The summed E-state index contributed by atoms with van der Waals surface area (Å²) >= 11 is 0. The molecule has 0 saturated heterocycles. The summed E-state index contributed by atoms with van der Waals surface area (Å²) in [4.78, 5) is 0. The van der Waals surface area contributed by atoms with Gasteiger partial charge in [-0.25, -0.2) is 0 Å². The van der Waals surface area contributed by atoms with E-state index in [1.54, 1.807) is 0 Å². The Bertz CT molecular complexity index is 456. The van der Waals surface area contributed by atoms with E-state index in [4.69, 9.17) is 0 Å². The molecule has 24 heavy (non-hydrogen) atoms. The smallest absolute Gasteiger partial charge is 0.0129 e. The van der Waals surface area contributed by atoms with Crippen molar-refractivity contribution in [2.45, 2.75) is 83.1 Å². The van der Waals surface area contributed by atoms with Crippen molar-refractivity contribution in [3.63, 3.8) is 0 Å². The van der Waals surface area contributed by atoms with Gasteiger partial charge in [-0.15, -0.1) is 0 Å². The van der Waals surface area contributed by atoms with E-state index in [1.165, 1.54) is 11.1 Å². The van der Waals surface area contributed by atoms with Crippen LogP contribution >= 0.6 is 0 Å². The Kier molecular flexibility index (Phi) is 7.55. The SMILES string of the molecule is CC(C)(C)/C=C/C=C(/C(=C/C=C/C(C)(C)C)C(C)(C)C)C(C)(C)C. The molecular formula is C24H42. The zero-order chi connectivity index (χ0) is 19.4. The molecule has 0 amide bonds. The molecule has 0 aliphatic carbocycles. The van der Waals surface area contributed by atoms with E-state index >= 15 is 0 Å². The van der Waals surface area contributed by atoms with E-state index in [2.05, 4.69) is 120 Å². The molecule has 0 aliphatic heterocycles. The average molecular weight is 331 g/mol. The molecule has 138 valence electrons. The van der Waals surface area contributed by atoms with E-state index < -0.39 is 0 Å². The highest BCUT2D eigenvalue weighted by molar-refractivity contribution is 5.43. The Balaban J connectivity index is 6.07. The van der Waals surface area contributed by atoms with Gasteiger partial charge in [0.15, 0.2) is 0 Å². The molecule has 0 N–H and O–H groups in total. The molecule has 0 heteroatoms. The molecule has 0 aliphatic rings. The van der Waals surface area contributed by atoms with Crippen molar-refractivity contribution < 1.29 is 0 Å². The van der Waals surface area contributed by atoms with E-state index in [-0.39, 0.29) is 21.7 Å². The van der Waals surface area contributed by atoms with E-state index in [1.807, 2.05) is 0 Å². The minimum atomic E-state index is 0.108. The molecule has 0 aromatic carbocycles. The summed E-state index contributed by atoms with van der Waals surface area (Å²) in [5.41, 5.74) is 3.45. The van der Waals surface area contributed by atoms with E-state index in [0.717, 1.165) is 0 Å². The third kappa shape index (κ3) is 9.96. The predicted molar refractivity (Wildman–Crippen MR) is 112 cm³/mol. The number of allylic oxidation sites excluding steroid dienone is 8. The zero-order valence-electron chi connectivity index (χ0n) is 18.5. The molecule has 0 heterocycles. The topological polar surface area (TPSA) is 0 Å². The monoisotopic (exact) mass is 330 g/mol. The highest BCUT2D eigenvalue weighted by Gasteiger charge is 2.27. The molecule has 0 bridgehead atoms. The van der Waals surface area contributed by atoms with Crippen molar-refractivity contribution in [2.75, 3.05) is 0 Å². The van der Waals surface area contributed by atoms with Crippen molar-refractivity contribution in [1.82, 2.24) is 0 Å². The highest BCUT2D eigenvalue weighted by Crippen LogP contribution is 2.40. The largest absolute Gasteiger partial charge is 0.0791 e. The zero-order valence-corrected chi connectivity index (χ0v) is 18.5. The molecular weight excluding hydrogens is 288 g/mol. The first-order valence-electron chi connectivity index (χ1n) is 9.24. The number of rotatable bonds is 3. The average Bonchev–Trinajstić information content (AvgIpc) is 2.25. The van der Waals surface area contributed by atoms with Crippen molar-refractivity contribution in [1.29, 1.82) is 0 Å². The van der Waals surface area contributed by atoms with Crippen LogP contribution in [0.1, 0.15) is 83.1 Å². The van der Waals surface area contributed by atoms with Gasteiger partial charge in [0, 0.05) is 0 Å². The minimum absolute atomic E-state index is 0.108. The maximum Gasteiger partial charge on any atom is -0.0129 e. The summed E-state index contributed by atoms with van der Waals surface area (Å²) in [6.45, 7) is 27.2. The molecule has 0 fully saturated rings. The van der Waals surface area contributed by atoms with Gasteiger partial charge >= 0.3 is 0 Å². The lowest BCUT2D eigenvalue weighted by atomic mass is 9.72. The molecule has 0 saturated carbocycles. The Morgan fingerprint density at radius 1 is 0.458 bits per heavy atom. The van der Waals surface area contributed by atoms with Crippen LogP contribution < -0.4 is 0 Å². The molecule has 0 rings (SSSR count). The van der Waals surface area contributed by atoms with Gasteiger partial charge in [0.2, 0.25) is 0 Å². The van der Waals surface area contributed by atoms with Crippen molar-refractivity contribution in [2.24, 2.45) is 21.7 Å². The molecule has 0 aromatic heterocycles. The van der Waals surface area contributed by atoms with Crippen LogP contribution in [0.4, 0.5) is 0 Å². The first kappa shape index (κ1) is 23.0. The third-order valence-electron chi connectivity index (χ3n) is 3.62. The molecule has 0 atom stereocenters. The quantitative estimate of drug-likeness (QED) is 0.458. The molecule has 0 spiro atoms. The van der Waals surface area contributed by atoms with Crippen LogP contribution in [0.25, 0.3) is 0 Å². The summed E-state index contributed by atoms with van der Waals surface area (Å²) in [5, 5.41) is 0. The van der Waals surface area contributed by atoms with Gasteiger partial charge in [-0.05, 0) is 32.8 Å². The first-order valence-corrected chi connectivity index (χ1v) is 9.24. The molecule has 0 unspecified atom stereocenters. The van der Waals surface area contributed by atoms with Gasteiger partial charge in [-0.3, -0.25) is 0 Å². The van der Waals surface area contributed by atoms with Crippen molar-refractivity contribution in [3.05, 3.63) is 47.6 Å². The lowest BCUT2D eigenvalue weighted by Crippen LogP contribution is -2.20. The summed E-state index contributed by atoms with van der Waals surface area (Å²) < 4.78 is 0. The predicted octanol–water partition coefficient (Wildman–Crippen LogP) is 8.14. The Labute approximate surface area is 152 Å². The van der Waals surface area contributed by atoms with Crippen LogP contribution in [0.15, 0.2) is 47.6 Å². The Hall–Kier alpha value is -1.04. The van der Waals surface area contributed by atoms with Crippen LogP contribution in [0.3, 0.4) is 0 Å². The van der Waals surface area contributed by atoms with E-state index in [0.29, 0.717) is 0 Å². The highest BCUT2D eigenvalue weighted by atomic mass is 14.3. The van der Waals surface area contributed by atoms with Gasteiger partial charge in [0.25, 0.3) is 0 Å². The molecule has 0 radical (unpaired) electrons. The van der Waals surface area contributed by atoms with Crippen LogP contribution in [0, 0.1) is 21.7 Å². The van der Waals surface area contributed by atoms with Crippen molar-refractivity contribution in [3.8, 4) is 0 Å². The fourth-order valence-corrected chi connectivity index (χ4v) is 2.35. The second-order valence-electron chi connectivity index (χ2n) is 11.1. The standard InChI is InChI=1S/C24H42/c1-21(2,3)17-13-15-19(23(7,8)9)20(24(10,11)12)16-14-18-22(4,5)6/h13-18H,1-12H3/b17-13+,18-14+,19-15-,20-16-. The van der Waals surface area contributed by atoms with Crippen LogP contribution in [-0.2, 0) is 0 Å². The van der Waals surface area contributed by atoms with Gasteiger partial charge in [-0.1, -0.05) is 120 Å². The number of hydrogen-bond donors (Lipinski definition) is 0. The van der Waals surface area contributed by atoms with Crippen molar-refractivity contribution >= 4 is 0 Å². The summed E-state index contributed by atoms with van der Waals surface area (Å²) in [5.74, 6) is 0. The normalized spacial score (nSPS) is 16.5. The fourth-order valence-electron chi connectivity index (χ4n) is 2.35. The maximum atomic E-state index is 2.31. The van der Waals surface area contributed by atoms with Gasteiger partial charge in [0.05, 0.1) is 0 Å². The number of hydrogen-bond acceptors (Lipinski definition) is 0. The first-order chi connectivity index (χ1) is 10.4. The maximum absolute atomic E-state index is 2.31. The van der Waals surface area contributed by atoms with Crippen LogP contribution in [0.5, 0.6) is 0 Å². The third-order valence-corrected chi connectivity index (χ3v) is 3.62. The summed E-state index contributed by atoms with van der Waals surface area (Å²) in [7, 11) is 0. The lowest BCUT2D eigenvalue weighted by molar-refractivity contribution is 0.446. The van der Waals surface area contributed by atoms with Gasteiger partial charge in [0.1, 0.15) is 0 Å². The minimum Gasteiger partial charge on any atom is -0.0791 e. The Morgan fingerprint density at radius 2 is 0.708 bits per heavy atom. The van der Waals surface area contributed by atoms with Gasteiger partial charge < -0.3 is 0 Å². The molecule has 0 aromatic rings. The molecule has 0 nitrogen and oxygen atoms in total. The summed E-state index contributed by atoms with van der Waals surface area (Å²) in [6, 6.07) is 0. The second kappa shape index (κ2) is 7.89. The fraction of sp³-hybridized carbons (Fsp3) is 0.667.